The topological polar surface area (TPSA) is 53.2 Å². The molecule has 122 valence electrons. The fourth-order valence-electron chi connectivity index (χ4n) is 2.89. The van der Waals surface area contributed by atoms with Gasteiger partial charge in [0.25, 0.3) is 0 Å². The van der Waals surface area contributed by atoms with Gasteiger partial charge in [-0.1, -0.05) is 11.6 Å². The standard InChI is InChI=1S/C18H16ClN3OS/c1-9-4-10(2)20-12(9)7-15-16(23-3)8-14(21-15)13-5-11-6-17(19)24-18(11)22-13/h4-8,20,22H,1-3H3/b15-7-. The number of nitrogens with one attached hydrogen (secondary N) is 2. The minimum absolute atomic E-state index is 0.757. The average molecular weight is 358 g/mol. The summed E-state index contributed by atoms with van der Waals surface area (Å²) in [5.41, 5.74) is 6.01. The number of halogens is 1. The van der Waals surface area contributed by atoms with Crippen LogP contribution in [0.1, 0.15) is 22.6 Å². The summed E-state index contributed by atoms with van der Waals surface area (Å²) in [4.78, 5) is 12.5. The molecule has 6 heteroatoms. The van der Waals surface area contributed by atoms with Crippen LogP contribution in [0.15, 0.2) is 40.7 Å². The maximum atomic E-state index is 6.04. The monoisotopic (exact) mass is 357 g/mol. The van der Waals surface area contributed by atoms with Gasteiger partial charge < -0.3 is 14.7 Å². The number of nitrogens with zero attached hydrogens (tertiary/aromatic N) is 1. The SMILES string of the molecule is COC1=CC(c2cc3cc(Cl)sc3[nH]2)=N/C1=C\c1[nH]c(C)cc1C. The van der Waals surface area contributed by atoms with Crippen molar-refractivity contribution in [3.05, 3.63) is 62.7 Å². The van der Waals surface area contributed by atoms with Crippen LogP contribution in [-0.4, -0.2) is 22.8 Å². The molecule has 0 atom stereocenters. The maximum Gasteiger partial charge on any atom is 0.146 e. The van der Waals surface area contributed by atoms with Crippen LogP contribution in [0.4, 0.5) is 0 Å². The molecule has 24 heavy (non-hydrogen) atoms. The summed E-state index contributed by atoms with van der Waals surface area (Å²) in [5, 5.41) is 1.10. The normalized spacial score (nSPS) is 16.1. The Balaban J connectivity index is 1.75. The maximum absolute atomic E-state index is 6.04. The van der Waals surface area contributed by atoms with Crippen molar-refractivity contribution in [2.45, 2.75) is 13.8 Å². The highest BCUT2D eigenvalue weighted by molar-refractivity contribution is 7.22. The van der Waals surface area contributed by atoms with Crippen LogP contribution in [0.2, 0.25) is 4.34 Å². The Morgan fingerprint density at radius 2 is 2.04 bits per heavy atom. The van der Waals surface area contributed by atoms with Gasteiger partial charge in [-0.15, -0.1) is 11.3 Å². The lowest BCUT2D eigenvalue weighted by molar-refractivity contribution is 0.303. The van der Waals surface area contributed by atoms with Gasteiger partial charge in [0.2, 0.25) is 0 Å². The van der Waals surface area contributed by atoms with Crippen molar-refractivity contribution in [2.75, 3.05) is 7.11 Å². The molecule has 4 heterocycles. The van der Waals surface area contributed by atoms with E-state index in [2.05, 4.69) is 29.0 Å². The smallest absolute Gasteiger partial charge is 0.146 e. The second kappa shape index (κ2) is 5.69. The molecule has 4 nitrogen and oxygen atoms in total. The number of hydrogen-bond acceptors (Lipinski definition) is 3. The van der Waals surface area contributed by atoms with E-state index in [0.29, 0.717) is 0 Å². The minimum Gasteiger partial charge on any atom is -0.494 e. The van der Waals surface area contributed by atoms with E-state index in [1.54, 1.807) is 7.11 Å². The molecular weight excluding hydrogens is 342 g/mol. The summed E-state index contributed by atoms with van der Waals surface area (Å²) in [6, 6.07) is 6.14. The van der Waals surface area contributed by atoms with E-state index in [4.69, 9.17) is 21.3 Å². The zero-order valence-corrected chi connectivity index (χ0v) is 15.1. The quantitative estimate of drug-likeness (QED) is 0.664. The lowest BCUT2D eigenvalue weighted by atomic mass is 10.2. The summed E-state index contributed by atoms with van der Waals surface area (Å²) >= 11 is 7.57. The molecule has 0 saturated heterocycles. The fourth-order valence-corrected chi connectivity index (χ4v) is 4.01. The van der Waals surface area contributed by atoms with Gasteiger partial charge in [-0.3, -0.25) is 0 Å². The van der Waals surface area contributed by atoms with Gasteiger partial charge in [-0.25, -0.2) is 4.99 Å². The number of allylic oxidation sites excluding steroid dienone is 1. The molecule has 3 aromatic rings. The molecule has 0 unspecified atom stereocenters. The van der Waals surface area contributed by atoms with Gasteiger partial charge in [0.1, 0.15) is 16.3 Å². The van der Waals surface area contributed by atoms with Crippen molar-refractivity contribution in [1.82, 2.24) is 9.97 Å². The molecule has 4 rings (SSSR count). The first-order valence-corrected chi connectivity index (χ1v) is 8.74. The zero-order valence-electron chi connectivity index (χ0n) is 13.5. The molecule has 0 amide bonds. The predicted molar refractivity (Wildman–Crippen MR) is 101 cm³/mol. The summed E-state index contributed by atoms with van der Waals surface area (Å²) in [6.45, 7) is 4.12. The molecule has 0 spiro atoms. The Morgan fingerprint density at radius 1 is 1.21 bits per heavy atom. The first-order valence-electron chi connectivity index (χ1n) is 7.54. The Kier molecular flexibility index (Phi) is 3.62. The first-order chi connectivity index (χ1) is 11.5. The second-order valence-corrected chi connectivity index (χ2v) is 7.49. The van der Waals surface area contributed by atoms with E-state index < -0.39 is 0 Å². The molecule has 0 aliphatic carbocycles. The Morgan fingerprint density at radius 3 is 2.71 bits per heavy atom. The molecule has 1 aliphatic heterocycles. The highest BCUT2D eigenvalue weighted by Crippen LogP contribution is 2.31. The van der Waals surface area contributed by atoms with Crippen molar-refractivity contribution in [3.8, 4) is 0 Å². The van der Waals surface area contributed by atoms with E-state index in [1.165, 1.54) is 16.9 Å². The van der Waals surface area contributed by atoms with Crippen molar-refractivity contribution in [2.24, 2.45) is 4.99 Å². The lowest BCUT2D eigenvalue weighted by Gasteiger charge is -2.01. The Labute approximate surface area is 148 Å². The van der Waals surface area contributed by atoms with E-state index in [0.717, 1.165) is 48.8 Å². The number of fused-ring (bicyclic) bond motifs is 1. The van der Waals surface area contributed by atoms with E-state index in [1.807, 2.05) is 25.1 Å². The molecule has 0 bridgehead atoms. The Hall–Kier alpha value is -2.24. The lowest BCUT2D eigenvalue weighted by Crippen LogP contribution is -1.93. The van der Waals surface area contributed by atoms with Crippen molar-refractivity contribution < 1.29 is 4.74 Å². The number of aromatic nitrogens is 2. The number of aromatic amines is 2. The molecule has 0 fully saturated rings. The van der Waals surface area contributed by atoms with Crippen LogP contribution >= 0.6 is 22.9 Å². The zero-order chi connectivity index (χ0) is 16.8. The fraction of sp³-hybridized carbons (Fsp3) is 0.167. The van der Waals surface area contributed by atoms with Crippen LogP contribution in [0.3, 0.4) is 0 Å². The van der Waals surface area contributed by atoms with Crippen molar-refractivity contribution in [3.63, 3.8) is 0 Å². The minimum atomic E-state index is 0.757. The first kappa shape index (κ1) is 15.3. The number of rotatable bonds is 3. The highest BCUT2D eigenvalue weighted by Gasteiger charge is 2.19. The number of H-pyrrole nitrogens is 2. The molecule has 0 radical (unpaired) electrons. The second-order valence-electron chi connectivity index (χ2n) is 5.81. The number of thiophene rings is 1. The average Bonchev–Trinajstić information content (AvgIpc) is 3.23. The van der Waals surface area contributed by atoms with Crippen molar-refractivity contribution in [1.29, 1.82) is 0 Å². The third-order valence-corrected chi connectivity index (χ3v) is 5.20. The van der Waals surface area contributed by atoms with Gasteiger partial charge in [0.05, 0.1) is 22.9 Å². The third kappa shape index (κ3) is 2.60. The summed E-state index contributed by atoms with van der Waals surface area (Å²) in [7, 11) is 1.66. The van der Waals surface area contributed by atoms with Crippen LogP contribution in [0, 0.1) is 13.8 Å². The van der Waals surface area contributed by atoms with E-state index in [-0.39, 0.29) is 0 Å². The molecular formula is C18H16ClN3OS. The van der Waals surface area contributed by atoms with Gasteiger partial charge >= 0.3 is 0 Å². The molecule has 2 N–H and O–H groups in total. The summed E-state index contributed by atoms with van der Waals surface area (Å²) in [6.07, 6.45) is 3.97. The van der Waals surface area contributed by atoms with Crippen LogP contribution in [0.25, 0.3) is 16.3 Å². The van der Waals surface area contributed by atoms with Crippen molar-refractivity contribution >= 4 is 44.9 Å². The summed E-state index contributed by atoms with van der Waals surface area (Å²) in [5.74, 6) is 0.757. The van der Waals surface area contributed by atoms with Gasteiger partial charge in [0.15, 0.2) is 0 Å². The number of aryl methyl sites for hydroxylation is 2. The van der Waals surface area contributed by atoms with Gasteiger partial charge in [-0.05, 0) is 43.7 Å². The predicted octanol–water partition coefficient (Wildman–Crippen LogP) is 5.20. The number of aliphatic imine (C=N–C) groups is 1. The van der Waals surface area contributed by atoms with Crippen LogP contribution in [-0.2, 0) is 4.74 Å². The van der Waals surface area contributed by atoms with E-state index >= 15 is 0 Å². The Bertz CT molecular complexity index is 1000. The van der Waals surface area contributed by atoms with Gasteiger partial charge in [-0.2, -0.15) is 0 Å². The molecule has 0 saturated carbocycles. The summed E-state index contributed by atoms with van der Waals surface area (Å²) < 4.78 is 6.28. The molecule has 1 aliphatic rings. The van der Waals surface area contributed by atoms with E-state index in [9.17, 15) is 0 Å². The number of ether oxygens (including phenoxy) is 1. The van der Waals surface area contributed by atoms with Crippen LogP contribution in [0.5, 0.6) is 0 Å². The molecule has 3 aromatic heterocycles. The highest BCUT2D eigenvalue weighted by atomic mass is 35.5. The number of hydrogen-bond donors (Lipinski definition) is 2. The van der Waals surface area contributed by atoms with Crippen LogP contribution < -0.4 is 0 Å². The largest absolute Gasteiger partial charge is 0.494 e. The van der Waals surface area contributed by atoms with Gasteiger partial charge in [0, 0.05) is 22.9 Å². The number of methoxy groups -OCH3 is 1. The molecule has 0 aromatic carbocycles. The third-order valence-electron chi connectivity index (χ3n) is 4.01.